The van der Waals surface area contributed by atoms with Crippen molar-refractivity contribution in [3.8, 4) is 0 Å². The molecule has 1 saturated heterocycles. The number of halogens is 1. The molecular formula is C13H19ClN2O2S. The number of hydrogen-bond acceptors (Lipinski definition) is 4. The highest BCUT2D eigenvalue weighted by Gasteiger charge is 2.21. The number of carbonyl (C=O) groups is 1. The van der Waals surface area contributed by atoms with Gasteiger partial charge in [0, 0.05) is 18.0 Å². The summed E-state index contributed by atoms with van der Waals surface area (Å²) in [5.41, 5.74) is 0.474. The fraction of sp³-hybridized carbons (Fsp3) is 0.692. The van der Waals surface area contributed by atoms with Crippen LogP contribution in [0.3, 0.4) is 0 Å². The zero-order chi connectivity index (χ0) is 13.8. The summed E-state index contributed by atoms with van der Waals surface area (Å²) >= 11 is 7.31. The lowest BCUT2D eigenvalue weighted by Crippen LogP contribution is -2.32. The molecule has 1 aliphatic heterocycles. The average molecular weight is 303 g/mol. The lowest BCUT2D eigenvalue weighted by Gasteiger charge is -2.10. The molecule has 0 radical (unpaired) electrons. The summed E-state index contributed by atoms with van der Waals surface area (Å²) in [5.74, 6) is 0.329. The fourth-order valence-corrected chi connectivity index (χ4v) is 3.46. The van der Waals surface area contributed by atoms with Crippen molar-refractivity contribution < 1.29 is 9.53 Å². The van der Waals surface area contributed by atoms with Crippen molar-refractivity contribution in [2.24, 2.45) is 5.92 Å². The van der Waals surface area contributed by atoms with E-state index in [1.54, 1.807) is 0 Å². The van der Waals surface area contributed by atoms with Gasteiger partial charge in [0.1, 0.15) is 5.69 Å². The lowest BCUT2D eigenvalue weighted by atomic mass is 10.1. The molecule has 4 nitrogen and oxygen atoms in total. The molecule has 0 spiro atoms. The summed E-state index contributed by atoms with van der Waals surface area (Å²) in [6.45, 7) is 5.57. The van der Waals surface area contributed by atoms with Gasteiger partial charge < -0.3 is 10.1 Å². The van der Waals surface area contributed by atoms with Crippen LogP contribution in [-0.4, -0.2) is 30.1 Å². The topological polar surface area (TPSA) is 51.2 Å². The lowest BCUT2D eigenvalue weighted by molar-refractivity contribution is 0.0853. The average Bonchev–Trinajstić information content (AvgIpc) is 2.95. The van der Waals surface area contributed by atoms with Crippen LogP contribution in [0.4, 0.5) is 0 Å². The summed E-state index contributed by atoms with van der Waals surface area (Å²) in [5, 5.41) is 2.89. The number of hydrogen-bond donors (Lipinski definition) is 1. The van der Waals surface area contributed by atoms with Crippen LogP contribution in [0.25, 0.3) is 0 Å². The Labute approximate surface area is 122 Å². The van der Waals surface area contributed by atoms with Crippen LogP contribution in [0.1, 0.15) is 42.1 Å². The third kappa shape index (κ3) is 4.16. The van der Waals surface area contributed by atoms with Gasteiger partial charge in [-0.3, -0.25) is 4.79 Å². The predicted molar refractivity (Wildman–Crippen MR) is 77.0 cm³/mol. The second-order valence-electron chi connectivity index (χ2n) is 5.18. The molecule has 0 aliphatic carbocycles. The number of rotatable bonds is 5. The van der Waals surface area contributed by atoms with Crippen LogP contribution in [0.2, 0.25) is 4.47 Å². The van der Waals surface area contributed by atoms with Crippen molar-refractivity contribution in [1.29, 1.82) is 0 Å². The van der Waals surface area contributed by atoms with Gasteiger partial charge in [0.25, 0.3) is 5.91 Å². The van der Waals surface area contributed by atoms with E-state index in [-0.39, 0.29) is 12.0 Å². The van der Waals surface area contributed by atoms with E-state index >= 15 is 0 Å². The Hall–Kier alpha value is -0.650. The molecule has 106 valence electrons. The van der Waals surface area contributed by atoms with Crippen molar-refractivity contribution in [1.82, 2.24) is 10.3 Å². The molecule has 1 N–H and O–H groups in total. The van der Waals surface area contributed by atoms with E-state index < -0.39 is 0 Å². The van der Waals surface area contributed by atoms with Crippen molar-refractivity contribution in [2.45, 2.75) is 39.2 Å². The maximum Gasteiger partial charge on any atom is 0.271 e. The molecule has 6 heteroatoms. The monoisotopic (exact) mass is 302 g/mol. The number of carbonyl (C=O) groups excluding carboxylic acids is 1. The molecule has 1 amide bonds. The van der Waals surface area contributed by atoms with Gasteiger partial charge in [-0.05, 0) is 25.2 Å². The molecule has 1 aliphatic rings. The van der Waals surface area contributed by atoms with Gasteiger partial charge >= 0.3 is 0 Å². The maximum absolute atomic E-state index is 12.1. The van der Waals surface area contributed by atoms with Gasteiger partial charge in [-0.15, -0.1) is 11.3 Å². The molecule has 19 heavy (non-hydrogen) atoms. The normalized spacial score (nSPS) is 19.1. The number of amides is 1. The van der Waals surface area contributed by atoms with E-state index in [1.807, 2.05) is 0 Å². The number of thiazole rings is 1. The van der Waals surface area contributed by atoms with E-state index in [0.717, 1.165) is 30.7 Å². The molecule has 1 aromatic rings. The summed E-state index contributed by atoms with van der Waals surface area (Å²) in [7, 11) is 0. The Morgan fingerprint density at radius 1 is 1.63 bits per heavy atom. The van der Waals surface area contributed by atoms with Crippen LogP contribution in [0.5, 0.6) is 0 Å². The van der Waals surface area contributed by atoms with E-state index in [9.17, 15) is 4.79 Å². The standard InChI is InChI=1S/C13H19ClN2O2S/c1-8(2)6-10-11(16-13(14)19-10)12(17)15-7-9-4-3-5-18-9/h8-9H,3-7H2,1-2H3,(H,15,17). The van der Waals surface area contributed by atoms with Crippen molar-refractivity contribution in [3.63, 3.8) is 0 Å². The van der Waals surface area contributed by atoms with Crippen LogP contribution >= 0.6 is 22.9 Å². The Kier molecular flexibility index (Phi) is 5.19. The largest absolute Gasteiger partial charge is 0.376 e. The maximum atomic E-state index is 12.1. The van der Waals surface area contributed by atoms with Gasteiger partial charge in [-0.2, -0.15) is 0 Å². The number of ether oxygens (including phenoxy) is 1. The van der Waals surface area contributed by atoms with E-state index in [4.69, 9.17) is 16.3 Å². The number of nitrogens with one attached hydrogen (secondary N) is 1. The molecule has 0 saturated carbocycles. The molecule has 2 heterocycles. The molecule has 2 rings (SSSR count). The first-order valence-corrected chi connectivity index (χ1v) is 7.80. The van der Waals surface area contributed by atoms with Gasteiger partial charge in [0.05, 0.1) is 6.10 Å². The second-order valence-corrected chi connectivity index (χ2v) is 6.85. The van der Waals surface area contributed by atoms with E-state index in [1.165, 1.54) is 11.3 Å². The molecular weight excluding hydrogens is 284 g/mol. The number of nitrogens with zero attached hydrogens (tertiary/aromatic N) is 1. The second kappa shape index (κ2) is 6.68. The SMILES string of the molecule is CC(C)Cc1sc(Cl)nc1C(=O)NCC1CCCO1. The van der Waals surface area contributed by atoms with Crippen LogP contribution in [0.15, 0.2) is 0 Å². The highest BCUT2D eigenvalue weighted by atomic mass is 35.5. The summed E-state index contributed by atoms with van der Waals surface area (Å²) in [6.07, 6.45) is 3.05. The van der Waals surface area contributed by atoms with Crippen LogP contribution in [-0.2, 0) is 11.2 Å². The Balaban J connectivity index is 1.97. The van der Waals surface area contributed by atoms with E-state index in [2.05, 4.69) is 24.1 Å². The first-order valence-electron chi connectivity index (χ1n) is 6.61. The van der Waals surface area contributed by atoms with Crippen LogP contribution < -0.4 is 5.32 Å². The number of aromatic nitrogens is 1. The quantitative estimate of drug-likeness (QED) is 0.910. The molecule has 0 aromatic carbocycles. The van der Waals surface area contributed by atoms with Gasteiger partial charge in [0.2, 0.25) is 0 Å². The minimum atomic E-state index is -0.144. The van der Waals surface area contributed by atoms with Gasteiger partial charge in [-0.1, -0.05) is 25.4 Å². The zero-order valence-corrected chi connectivity index (χ0v) is 12.8. The highest BCUT2D eigenvalue weighted by molar-refractivity contribution is 7.16. The Bertz CT molecular complexity index is 442. The highest BCUT2D eigenvalue weighted by Crippen LogP contribution is 2.25. The van der Waals surface area contributed by atoms with E-state index in [0.29, 0.717) is 22.6 Å². The Morgan fingerprint density at radius 2 is 2.42 bits per heavy atom. The smallest absolute Gasteiger partial charge is 0.271 e. The summed E-state index contributed by atoms with van der Waals surface area (Å²) in [4.78, 5) is 17.2. The predicted octanol–water partition coefficient (Wildman–Crippen LogP) is 2.90. The molecule has 1 fully saturated rings. The van der Waals surface area contributed by atoms with Crippen LogP contribution in [0, 0.1) is 5.92 Å². The Morgan fingerprint density at radius 3 is 3.05 bits per heavy atom. The summed E-state index contributed by atoms with van der Waals surface area (Å²) < 4.78 is 5.91. The summed E-state index contributed by atoms with van der Waals surface area (Å²) in [6, 6.07) is 0. The molecule has 1 atom stereocenters. The van der Waals surface area contributed by atoms with Crippen molar-refractivity contribution in [3.05, 3.63) is 15.0 Å². The molecule has 1 unspecified atom stereocenters. The van der Waals surface area contributed by atoms with Crippen molar-refractivity contribution >= 4 is 28.8 Å². The zero-order valence-electron chi connectivity index (χ0n) is 11.2. The first-order chi connectivity index (χ1) is 9.06. The fourth-order valence-electron chi connectivity index (χ4n) is 2.11. The van der Waals surface area contributed by atoms with Gasteiger partial charge in [-0.25, -0.2) is 4.98 Å². The first kappa shape index (κ1) is 14.8. The third-order valence-corrected chi connectivity index (χ3v) is 4.18. The minimum absolute atomic E-state index is 0.144. The minimum Gasteiger partial charge on any atom is -0.376 e. The van der Waals surface area contributed by atoms with Gasteiger partial charge in [0.15, 0.2) is 4.47 Å². The van der Waals surface area contributed by atoms with Crippen molar-refractivity contribution in [2.75, 3.05) is 13.2 Å². The molecule has 1 aromatic heterocycles. The third-order valence-electron chi connectivity index (χ3n) is 2.99. The molecule has 0 bridgehead atoms.